The Morgan fingerprint density at radius 1 is 1.31 bits per heavy atom. The van der Waals surface area contributed by atoms with Crippen LogP contribution in [0.25, 0.3) is 0 Å². The van der Waals surface area contributed by atoms with Crippen LogP contribution in [0.4, 0.5) is 0 Å². The lowest BCUT2D eigenvalue weighted by Gasteiger charge is -2.42. The van der Waals surface area contributed by atoms with E-state index in [1.165, 1.54) is 19.3 Å². The zero-order chi connectivity index (χ0) is 11.4. The van der Waals surface area contributed by atoms with E-state index in [0.29, 0.717) is 6.61 Å². The molecule has 0 atom stereocenters. The van der Waals surface area contributed by atoms with Crippen molar-refractivity contribution >= 4 is 5.97 Å². The highest BCUT2D eigenvalue weighted by Crippen LogP contribution is 2.40. The van der Waals surface area contributed by atoms with Gasteiger partial charge in [-0.1, -0.05) is 0 Å². The molecule has 0 amide bonds. The number of esters is 1. The fourth-order valence-corrected chi connectivity index (χ4v) is 2.94. The molecule has 0 unspecified atom stereocenters. The second kappa shape index (κ2) is 5.17. The van der Waals surface area contributed by atoms with Gasteiger partial charge in [0.05, 0.1) is 18.1 Å². The van der Waals surface area contributed by atoms with Crippen LogP contribution < -0.4 is 0 Å². The smallest absolute Gasteiger partial charge is 0.308 e. The SMILES string of the molecule is CCOC(=O)C1CCC2(CCCCO2)CC1. The molecule has 1 aliphatic heterocycles. The number of hydrogen-bond donors (Lipinski definition) is 0. The summed E-state index contributed by atoms with van der Waals surface area (Å²) < 4.78 is 11.0. The Kier molecular flexibility index (Phi) is 3.85. The summed E-state index contributed by atoms with van der Waals surface area (Å²) in [7, 11) is 0. The highest BCUT2D eigenvalue weighted by Gasteiger charge is 2.39. The Hall–Kier alpha value is -0.570. The maximum Gasteiger partial charge on any atom is 0.308 e. The van der Waals surface area contributed by atoms with Crippen molar-refractivity contribution in [1.29, 1.82) is 0 Å². The van der Waals surface area contributed by atoms with Gasteiger partial charge in [-0.15, -0.1) is 0 Å². The summed E-state index contributed by atoms with van der Waals surface area (Å²) in [5.41, 5.74) is 0.112. The van der Waals surface area contributed by atoms with Gasteiger partial charge in [0.2, 0.25) is 0 Å². The highest BCUT2D eigenvalue weighted by molar-refractivity contribution is 5.72. The first-order valence-electron chi connectivity index (χ1n) is 6.56. The van der Waals surface area contributed by atoms with Crippen molar-refractivity contribution in [2.24, 2.45) is 5.92 Å². The molecule has 2 rings (SSSR count). The Morgan fingerprint density at radius 3 is 2.62 bits per heavy atom. The monoisotopic (exact) mass is 226 g/mol. The van der Waals surface area contributed by atoms with Gasteiger partial charge in [0.1, 0.15) is 0 Å². The molecule has 3 heteroatoms. The molecule has 1 spiro atoms. The minimum Gasteiger partial charge on any atom is -0.466 e. The quantitative estimate of drug-likeness (QED) is 0.679. The van der Waals surface area contributed by atoms with Gasteiger partial charge in [-0.3, -0.25) is 4.79 Å². The molecule has 92 valence electrons. The van der Waals surface area contributed by atoms with Crippen molar-refractivity contribution < 1.29 is 14.3 Å². The molecular weight excluding hydrogens is 204 g/mol. The van der Waals surface area contributed by atoms with Gasteiger partial charge in [-0.2, -0.15) is 0 Å². The number of carbonyl (C=O) groups is 1. The first kappa shape index (κ1) is 11.9. The average Bonchev–Trinajstić information content (AvgIpc) is 2.31. The molecule has 0 radical (unpaired) electrons. The van der Waals surface area contributed by atoms with Crippen LogP contribution in [0, 0.1) is 5.92 Å². The van der Waals surface area contributed by atoms with Gasteiger partial charge < -0.3 is 9.47 Å². The molecule has 2 fully saturated rings. The zero-order valence-electron chi connectivity index (χ0n) is 10.2. The number of ether oxygens (including phenoxy) is 2. The first-order valence-corrected chi connectivity index (χ1v) is 6.56. The van der Waals surface area contributed by atoms with Crippen LogP contribution in [0.2, 0.25) is 0 Å². The molecule has 0 aromatic carbocycles. The van der Waals surface area contributed by atoms with E-state index >= 15 is 0 Å². The summed E-state index contributed by atoms with van der Waals surface area (Å²) >= 11 is 0. The summed E-state index contributed by atoms with van der Waals surface area (Å²) in [5, 5.41) is 0. The predicted molar refractivity (Wildman–Crippen MR) is 61.1 cm³/mol. The Balaban J connectivity index is 1.83. The summed E-state index contributed by atoms with van der Waals surface area (Å²) in [5.74, 6) is 0.115. The Bertz CT molecular complexity index is 234. The number of carbonyl (C=O) groups excluding carboxylic acids is 1. The predicted octanol–water partition coefficient (Wildman–Crippen LogP) is 2.68. The molecular formula is C13H22O3. The minimum absolute atomic E-state index is 0.00633. The molecule has 3 nitrogen and oxygen atoms in total. The van der Waals surface area contributed by atoms with E-state index in [1.807, 2.05) is 6.92 Å². The molecule has 1 saturated carbocycles. The average molecular weight is 226 g/mol. The van der Waals surface area contributed by atoms with Crippen LogP contribution in [-0.4, -0.2) is 24.8 Å². The van der Waals surface area contributed by atoms with Crippen molar-refractivity contribution in [3.8, 4) is 0 Å². The van der Waals surface area contributed by atoms with Gasteiger partial charge in [0.25, 0.3) is 0 Å². The van der Waals surface area contributed by atoms with Crippen LogP contribution in [0.3, 0.4) is 0 Å². The molecule has 0 aromatic rings. The van der Waals surface area contributed by atoms with Crippen LogP contribution in [0.1, 0.15) is 51.9 Å². The molecule has 0 N–H and O–H groups in total. The normalized spacial score (nSPS) is 34.9. The van der Waals surface area contributed by atoms with Gasteiger partial charge in [-0.05, 0) is 51.9 Å². The van der Waals surface area contributed by atoms with Crippen LogP contribution in [0.5, 0.6) is 0 Å². The van der Waals surface area contributed by atoms with Gasteiger partial charge in [-0.25, -0.2) is 0 Å². The van der Waals surface area contributed by atoms with E-state index in [2.05, 4.69) is 0 Å². The van der Waals surface area contributed by atoms with E-state index in [1.54, 1.807) is 0 Å². The standard InChI is InChI=1S/C13H22O3/c1-2-15-12(14)11-5-8-13(9-6-11)7-3-4-10-16-13/h11H,2-10H2,1H3. The lowest BCUT2D eigenvalue weighted by atomic mass is 9.75. The third-order valence-electron chi connectivity index (χ3n) is 3.95. The molecule has 1 saturated heterocycles. The largest absolute Gasteiger partial charge is 0.466 e. The second-order valence-electron chi connectivity index (χ2n) is 5.01. The highest BCUT2D eigenvalue weighted by atomic mass is 16.5. The van der Waals surface area contributed by atoms with E-state index < -0.39 is 0 Å². The number of rotatable bonds is 2. The molecule has 2 aliphatic rings. The van der Waals surface area contributed by atoms with Crippen molar-refractivity contribution in [1.82, 2.24) is 0 Å². The first-order chi connectivity index (χ1) is 7.76. The zero-order valence-corrected chi connectivity index (χ0v) is 10.2. The van der Waals surface area contributed by atoms with Crippen molar-refractivity contribution in [2.75, 3.05) is 13.2 Å². The van der Waals surface area contributed by atoms with E-state index in [0.717, 1.165) is 32.3 Å². The summed E-state index contributed by atoms with van der Waals surface area (Å²) in [6.07, 6.45) is 7.63. The van der Waals surface area contributed by atoms with Crippen LogP contribution in [-0.2, 0) is 14.3 Å². The topological polar surface area (TPSA) is 35.5 Å². The van der Waals surface area contributed by atoms with Gasteiger partial charge in [0.15, 0.2) is 0 Å². The maximum absolute atomic E-state index is 11.6. The fraction of sp³-hybridized carbons (Fsp3) is 0.923. The van der Waals surface area contributed by atoms with Crippen molar-refractivity contribution in [3.05, 3.63) is 0 Å². The number of hydrogen-bond acceptors (Lipinski definition) is 3. The lowest BCUT2D eigenvalue weighted by molar-refractivity contribution is -0.154. The molecule has 1 aliphatic carbocycles. The van der Waals surface area contributed by atoms with E-state index in [-0.39, 0.29) is 17.5 Å². The molecule has 16 heavy (non-hydrogen) atoms. The van der Waals surface area contributed by atoms with Crippen LogP contribution in [0.15, 0.2) is 0 Å². The molecule has 0 aromatic heterocycles. The third kappa shape index (κ3) is 2.57. The molecule has 0 bridgehead atoms. The van der Waals surface area contributed by atoms with Crippen molar-refractivity contribution in [2.45, 2.75) is 57.5 Å². The fourth-order valence-electron chi connectivity index (χ4n) is 2.94. The maximum atomic E-state index is 11.6. The van der Waals surface area contributed by atoms with Crippen molar-refractivity contribution in [3.63, 3.8) is 0 Å². The Morgan fingerprint density at radius 2 is 2.06 bits per heavy atom. The molecule has 1 heterocycles. The summed E-state index contributed by atoms with van der Waals surface area (Å²) in [6.45, 7) is 3.27. The third-order valence-corrected chi connectivity index (χ3v) is 3.95. The van der Waals surface area contributed by atoms with E-state index in [9.17, 15) is 4.79 Å². The van der Waals surface area contributed by atoms with E-state index in [4.69, 9.17) is 9.47 Å². The van der Waals surface area contributed by atoms with Gasteiger partial charge >= 0.3 is 5.97 Å². The summed E-state index contributed by atoms with van der Waals surface area (Å²) in [4.78, 5) is 11.6. The van der Waals surface area contributed by atoms with Crippen LogP contribution >= 0.6 is 0 Å². The lowest BCUT2D eigenvalue weighted by Crippen LogP contribution is -2.41. The second-order valence-corrected chi connectivity index (χ2v) is 5.01. The Labute approximate surface area is 97.5 Å². The summed E-state index contributed by atoms with van der Waals surface area (Å²) in [6, 6.07) is 0. The minimum atomic E-state index is -0.00633. The van der Waals surface area contributed by atoms with Gasteiger partial charge in [0, 0.05) is 6.61 Å².